The summed E-state index contributed by atoms with van der Waals surface area (Å²) in [6.07, 6.45) is -0.700. The number of thiophene rings is 1. The monoisotopic (exact) mass is 330 g/mol. The van der Waals surface area contributed by atoms with Crippen molar-refractivity contribution in [2.75, 3.05) is 6.54 Å². The van der Waals surface area contributed by atoms with Gasteiger partial charge in [-0.1, -0.05) is 18.2 Å². The first kappa shape index (κ1) is 15.6. The Morgan fingerprint density at radius 3 is 2.91 bits per heavy atom. The Labute approximate surface area is 137 Å². The van der Waals surface area contributed by atoms with Gasteiger partial charge in [0, 0.05) is 11.9 Å². The second kappa shape index (κ2) is 6.85. The van der Waals surface area contributed by atoms with Gasteiger partial charge in [0.1, 0.15) is 11.3 Å². The third kappa shape index (κ3) is 3.72. The molecular weight excluding hydrogens is 312 g/mol. The Morgan fingerprint density at radius 2 is 2.17 bits per heavy atom. The molecule has 3 N–H and O–H groups in total. The predicted molar refractivity (Wildman–Crippen MR) is 90.4 cm³/mol. The molecule has 2 unspecified atom stereocenters. The largest absolute Gasteiger partial charge is 0.459 e. The van der Waals surface area contributed by atoms with Crippen LogP contribution in [0.25, 0.3) is 11.0 Å². The van der Waals surface area contributed by atoms with Crippen molar-refractivity contribution in [3.63, 3.8) is 0 Å². The molecule has 2 aromatic heterocycles. The number of fused-ring (bicyclic) bond motifs is 1. The smallest absolute Gasteiger partial charge is 0.315 e. The lowest BCUT2D eigenvalue weighted by Crippen LogP contribution is -2.38. The molecule has 3 aromatic rings. The van der Waals surface area contributed by atoms with Crippen LogP contribution in [-0.2, 0) is 0 Å². The lowest BCUT2D eigenvalue weighted by atomic mass is 10.2. The van der Waals surface area contributed by atoms with E-state index in [0.29, 0.717) is 5.76 Å². The third-order valence-corrected chi connectivity index (χ3v) is 4.30. The molecule has 2 heterocycles. The molecule has 0 radical (unpaired) electrons. The van der Waals surface area contributed by atoms with Gasteiger partial charge in [0.2, 0.25) is 0 Å². The molecule has 0 saturated carbocycles. The van der Waals surface area contributed by atoms with Crippen LogP contribution in [-0.4, -0.2) is 17.7 Å². The molecular formula is C17H18N2O3S. The summed E-state index contributed by atoms with van der Waals surface area (Å²) in [5.41, 5.74) is 1.60. The highest BCUT2D eigenvalue weighted by atomic mass is 32.1. The van der Waals surface area contributed by atoms with E-state index >= 15 is 0 Å². The van der Waals surface area contributed by atoms with Crippen molar-refractivity contribution in [1.82, 2.24) is 10.6 Å². The minimum absolute atomic E-state index is 0.162. The summed E-state index contributed by atoms with van der Waals surface area (Å²) in [4.78, 5) is 11.9. The number of carbonyl (C=O) groups excluding carboxylic acids is 1. The summed E-state index contributed by atoms with van der Waals surface area (Å²) in [6, 6.07) is 10.9. The fourth-order valence-electron chi connectivity index (χ4n) is 2.31. The Balaban J connectivity index is 1.54. The maximum Gasteiger partial charge on any atom is 0.315 e. The molecule has 0 fully saturated rings. The molecule has 0 aliphatic rings. The molecule has 0 aliphatic carbocycles. The number of para-hydroxylation sites is 1. The Kier molecular flexibility index (Phi) is 4.64. The minimum atomic E-state index is -0.700. The number of hydrogen-bond donors (Lipinski definition) is 3. The predicted octanol–water partition coefficient (Wildman–Crippen LogP) is 3.59. The van der Waals surface area contributed by atoms with Crippen LogP contribution in [0.1, 0.15) is 30.4 Å². The van der Waals surface area contributed by atoms with Gasteiger partial charge in [-0.2, -0.15) is 11.3 Å². The summed E-state index contributed by atoms with van der Waals surface area (Å²) < 4.78 is 5.72. The molecule has 0 spiro atoms. The molecule has 0 bridgehead atoms. The van der Waals surface area contributed by atoms with Crippen molar-refractivity contribution < 1.29 is 14.3 Å². The maximum atomic E-state index is 11.9. The normalized spacial score (nSPS) is 13.7. The molecule has 120 valence electrons. The fourth-order valence-corrected chi connectivity index (χ4v) is 3.01. The minimum Gasteiger partial charge on any atom is -0.459 e. The number of rotatable bonds is 5. The van der Waals surface area contributed by atoms with E-state index in [4.69, 9.17) is 4.42 Å². The second-order valence-electron chi connectivity index (χ2n) is 5.34. The summed E-state index contributed by atoms with van der Waals surface area (Å²) in [5, 5.41) is 20.2. The summed E-state index contributed by atoms with van der Waals surface area (Å²) in [5.74, 6) is 0.694. The van der Waals surface area contributed by atoms with Crippen LogP contribution in [0.2, 0.25) is 0 Å². The maximum absolute atomic E-state index is 11.9. The van der Waals surface area contributed by atoms with Crippen LogP contribution >= 0.6 is 11.3 Å². The zero-order valence-corrected chi connectivity index (χ0v) is 13.5. The Hall–Kier alpha value is -2.31. The third-order valence-electron chi connectivity index (χ3n) is 3.60. The van der Waals surface area contributed by atoms with Gasteiger partial charge in [-0.05, 0) is 41.4 Å². The average molecular weight is 330 g/mol. The number of furan rings is 1. The number of aliphatic hydroxyl groups excluding tert-OH is 1. The highest BCUT2D eigenvalue weighted by Crippen LogP contribution is 2.23. The van der Waals surface area contributed by atoms with Gasteiger partial charge in [0.15, 0.2) is 0 Å². The zero-order chi connectivity index (χ0) is 16.2. The lowest BCUT2D eigenvalue weighted by molar-refractivity contribution is 0.173. The first-order valence-electron chi connectivity index (χ1n) is 7.36. The van der Waals surface area contributed by atoms with Gasteiger partial charge in [0.25, 0.3) is 0 Å². The van der Waals surface area contributed by atoms with E-state index in [-0.39, 0.29) is 18.6 Å². The standard InChI is InChI=1S/C17H18N2O3S/c1-11(16-8-12-4-2-3-5-15(12)22-16)19-17(21)18-9-14(20)13-6-7-23-10-13/h2-8,10-11,14,20H,9H2,1H3,(H2,18,19,21). The van der Waals surface area contributed by atoms with Crippen LogP contribution in [0.15, 0.2) is 51.6 Å². The summed E-state index contributed by atoms with van der Waals surface area (Å²) in [6.45, 7) is 2.02. The quantitative estimate of drug-likeness (QED) is 0.669. The lowest BCUT2D eigenvalue weighted by Gasteiger charge is -2.14. The van der Waals surface area contributed by atoms with Gasteiger partial charge in [0.05, 0.1) is 12.1 Å². The van der Waals surface area contributed by atoms with E-state index in [9.17, 15) is 9.90 Å². The van der Waals surface area contributed by atoms with Gasteiger partial charge in [-0.3, -0.25) is 0 Å². The van der Waals surface area contributed by atoms with E-state index in [1.807, 2.05) is 54.1 Å². The van der Waals surface area contributed by atoms with Crippen LogP contribution in [0, 0.1) is 0 Å². The van der Waals surface area contributed by atoms with Crippen LogP contribution in [0.3, 0.4) is 0 Å². The molecule has 6 heteroatoms. The highest BCUT2D eigenvalue weighted by Gasteiger charge is 2.15. The van der Waals surface area contributed by atoms with Crippen molar-refractivity contribution in [3.8, 4) is 0 Å². The van der Waals surface area contributed by atoms with Gasteiger partial charge in [-0.15, -0.1) is 0 Å². The number of amides is 2. The first-order chi connectivity index (χ1) is 11.1. The van der Waals surface area contributed by atoms with Gasteiger partial charge < -0.3 is 20.2 Å². The Morgan fingerprint density at radius 1 is 1.35 bits per heavy atom. The fraction of sp³-hybridized carbons (Fsp3) is 0.235. The molecule has 0 saturated heterocycles. The molecule has 3 rings (SSSR count). The molecule has 2 amide bonds. The van der Waals surface area contributed by atoms with Crippen molar-refractivity contribution in [1.29, 1.82) is 0 Å². The SMILES string of the molecule is CC(NC(=O)NCC(O)c1ccsc1)c1cc2ccccc2o1. The van der Waals surface area contributed by atoms with Crippen LogP contribution in [0.5, 0.6) is 0 Å². The average Bonchev–Trinajstić information content (AvgIpc) is 3.21. The second-order valence-corrected chi connectivity index (χ2v) is 6.12. The zero-order valence-electron chi connectivity index (χ0n) is 12.7. The van der Waals surface area contributed by atoms with Crippen molar-refractivity contribution in [2.24, 2.45) is 0 Å². The number of benzene rings is 1. The number of nitrogens with one attached hydrogen (secondary N) is 2. The molecule has 1 aromatic carbocycles. The van der Waals surface area contributed by atoms with E-state index in [2.05, 4.69) is 10.6 Å². The topological polar surface area (TPSA) is 74.5 Å². The molecule has 5 nitrogen and oxygen atoms in total. The number of hydrogen-bond acceptors (Lipinski definition) is 4. The van der Waals surface area contributed by atoms with Gasteiger partial charge in [-0.25, -0.2) is 4.79 Å². The molecule has 23 heavy (non-hydrogen) atoms. The van der Waals surface area contributed by atoms with Crippen LogP contribution < -0.4 is 10.6 Å². The molecule has 0 aliphatic heterocycles. The number of aliphatic hydroxyl groups is 1. The number of urea groups is 1. The van der Waals surface area contributed by atoms with Crippen molar-refractivity contribution >= 4 is 28.3 Å². The van der Waals surface area contributed by atoms with Crippen molar-refractivity contribution in [3.05, 3.63) is 58.5 Å². The highest BCUT2D eigenvalue weighted by molar-refractivity contribution is 7.07. The van der Waals surface area contributed by atoms with Gasteiger partial charge >= 0.3 is 6.03 Å². The van der Waals surface area contributed by atoms with Crippen molar-refractivity contribution in [2.45, 2.75) is 19.1 Å². The van der Waals surface area contributed by atoms with Crippen LogP contribution in [0.4, 0.5) is 4.79 Å². The molecule has 2 atom stereocenters. The van der Waals surface area contributed by atoms with E-state index < -0.39 is 6.10 Å². The van der Waals surface area contributed by atoms with E-state index in [1.54, 1.807) is 0 Å². The van der Waals surface area contributed by atoms with E-state index in [1.165, 1.54) is 11.3 Å². The summed E-state index contributed by atoms with van der Waals surface area (Å²) in [7, 11) is 0. The number of carbonyl (C=O) groups is 1. The summed E-state index contributed by atoms with van der Waals surface area (Å²) >= 11 is 1.51. The van der Waals surface area contributed by atoms with E-state index in [0.717, 1.165) is 16.5 Å². The Bertz CT molecular complexity index is 749. The first-order valence-corrected chi connectivity index (χ1v) is 8.31.